The van der Waals surface area contributed by atoms with Crippen molar-refractivity contribution in [1.29, 1.82) is 0 Å². The molecule has 1 amide bonds. The van der Waals surface area contributed by atoms with E-state index in [1.807, 2.05) is 0 Å². The van der Waals surface area contributed by atoms with Crippen LogP contribution < -0.4 is 10.6 Å². The van der Waals surface area contributed by atoms with Gasteiger partial charge in [-0.1, -0.05) is 0 Å². The number of morpholine rings is 1. The van der Waals surface area contributed by atoms with Gasteiger partial charge in [-0.25, -0.2) is 4.79 Å². The number of alkyl carbamates (subject to hydrolysis) is 1. The summed E-state index contributed by atoms with van der Waals surface area (Å²) in [6.07, 6.45) is -0.296. The first kappa shape index (κ1) is 9.28. The smallest absolute Gasteiger partial charge is 0.407 e. The third kappa shape index (κ3) is 4.15. The normalized spacial score (nSPS) is 21.8. The Morgan fingerprint density at radius 2 is 1.83 bits per heavy atom. The van der Waals surface area contributed by atoms with Crippen LogP contribution >= 0.6 is 0 Å². The molecule has 2 aliphatic rings. The Bertz CT molecular complexity index is 117. The molecule has 0 aliphatic carbocycles. The van der Waals surface area contributed by atoms with Crippen molar-refractivity contribution in [2.75, 3.05) is 39.5 Å². The fourth-order valence-corrected chi connectivity index (χ4v) is 0.864. The zero-order valence-electron chi connectivity index (χ0n) is 6.97. The molecule has 2 fully saturated rings. The molecule has 0 aromatic carbocycles. The molecule has 0 unspecified atom stereocenters. The molecule has 0 aromatic rings. The van der Waals surface area contributed by atoms with Crippen molar-refractivity contribution >= 4 is 6.09 Å². The first-order valence-electron chi connectivity index (χ1n) is 4.08. The van der Waals surface area contributed by atoms with Crippen LogP contribution in [0, 0.1) is 0 Å². The predicted octanol–water partition coefficient (Wildman–Crippen LogP) is -0.668. The van der Waals surface area contributed by atoms with Gasteiger partial charge in [-0.3, -0.25) is 0 Å². The van der Waals surface area contributed by atoms with Gasteiger partial charge in [-0.15, -0.1) is 0 Å². The number of ether oxygens (including phenoxy) is 2. The Hall–Kier alpha value is -0.810. The average Bonchev–Trinajstić information content (AvgIpc) is 2.60. The summed E-state index contributed by atoms with van der Waals surface area (Å²) in [7, 11) is 0. The molecule has 5 heteroatoms. The van der Waals surface area contributed by atoms with Crippen molar-refractivity contribution in [3.8, 4) is 0 Å². The van der Waals surface area contributed by atoms with Crippen LogP contribution in [0.25, 0.3) is 0 Å². The van der Waals surface area contributed by atoms with Gasteiger partial charge in [0.25, 0.3) is 0 Å². The van der Waals surface area contributed by atoms with Gasteiger partial charge in [-0.05, 0) is 0 Å². The first-order valence-corrected chi connectivity index (χ1v) is 4.08. The SMILES string of the molecule is C1COCCN1.O=C1NCCO1. The molecule has 12 heavy (non-hydrogen) atoms. The third-order valence-corrected chi connectivity index (χ3v) is 1.45. The Morgan fingerprint density at radius 3 is 2.00 bits per heavy atom. The lowest BCUT2D eigenvalue weighted by Gasteiger charge is -2.10. The molecule has 2 heterocycles. The molecule has 0 spiro atoms. The van der Waals surface area contributed by atoms with Crippen molar-refractivity contribution in [3.05, 3.63) is 0 Å². The van der Waals surface area contributed by atoms with E-state index >= 15 is 0 Å². The highest BCUT2D eigenvalue weighted by molar-refractivity contribution is 5.68. The summed E-state index contributed by atoms with van der Waals surface area (Å²) in [5.41, 5.74) is 0. The summed E-state index contributed by atoms with van der Waals surface area (Å²) in [4.78, 5) is 9.91. The molecule has 2 N–H and O–H groups in total. The number of carbonyl (C=O) groups is 1. The number of carbonyl (C=O) groups excluding carboxylic acids is 1. The number of cyclic esters (lactones) is 1. The second-order valence-electron chi connectivity index (χ2n) is 2.43. The van der Waals surface area contributed by atoms with Crippen LogP contribution in [0.2, 0.25) is 0 Å². The van der Waals surface area contributed by atoms with Crippen molar-refractivity contribution < 1.29 is 14.3 Å². The number of hydrogen-bond acceptors (Lipinski definition) is 4. The number of rotatable bonds is 0. The van der Waals surface area contributed by atoms with E-state index in [2.05, 4.69) is 15.4 Å². The Kier molecular flexibility index (Phi) is 4.48. The lowest BCUT2D eigenvalue weighted by Crippen LogP contribution is -2.30. The lowest BCUT2D eigenvalue weighted by atomic mass is 10.5. The molecular weight excluding hydrogens is 160 g/mol. The highest BCUT2D eigenvalue weighted by Crippen LogP contribution is 1.82. The van der Waals surface area contributed by atoms with Gasteiger partial charge >= 0.3 is 6.09 Å². The maximum Gasteiger partial charge on any atom is 0.407 e. The predicted molar refractivity (Wildman–Crippen MR) is 43.0 cm³/mol. The maximum absolute atomic E-state index is 9.91. The largest absolute Gasteiger partial charge is 0.448 e. The maximum atomic E-state index is 9.91. The average molecular weight is 174 g/mol. The molecule has 0 aromatic heterocycles. The molecular formula is C7H14N2O3. The van der Waals surface area contributed by atoms with Crippen molar-refractivity contribution in [2.24, 2.45) is 0 Å². The molecule has 2 saturated heterocycles. The summed E-state index contributed by atoms with van der Waals surface area (Å²) in [6, 6.07) is 0. The van der Waals surface area contributed by atoms with Crippen LogP contribution in [0.15, 0.2) is 0 Å². The van der Waals surface area contributed by atoms with Crippen molar-refractivity contribution in [2.45, 2.75) is 0 Å². The number of hydrogen-bond donors (Lipinski definition) is 2. The van der Waals surface area contributed by atoms with Crippen molar-refractivity contribution in [3.63, 3.8) is 0 Å². The van der Waals surface area contributed by atoms with Crippen LogP contribution in [0.1, 0.15) is 0 Å². The second-order valence-corrected chi connectivity index (χ2v) is 2.43. The van der Waals surface area contributed by atoms with E-state index in [0.29, 0.717) is 13.2 Å². The number of nitrogens with one attached hydrogen (secondary N) is 2. The number of amides is 1. The monoisotopic (exact) mass is 174 g/mol. The Labute approximate surface area is 71.4 Å². The molecule has 5 nitrogen and oxygen atoms in total. The Balaban J connectivity index is 0.000000120. The second kappa shape index (κ2) is 5.79. The van der Waals surface area contributed by atoms with Gasteiger partial charge in [0.2, 0.25) is 0 Å². The van der Waals surface area contributed by atoms with E-state index in [1.165, 1.54) is 0 Å². The fraction of sp³-hybridized carbons (Fsp3) is 0.857. The lowest BCUT2D eigenvalue weighted by molar-refractivity contribution is 0.109. The molecule has 0 radical (unpaired) electrons. The van der Waals surface area contributed by atoms with Gasteiger partial charge in [-0.2, -0.15) is 0 Å². The van der Waals surface area contributed by atoms with Gasteiger partial charge in [0.05, 0.1) is 19.8 Å². The minimum Gasteiger partial charge on any atom is -0.448 e. The van der Waals surface area contributed by atoms with Crippen molar-refractivity contribution in [1.82, 2.24) is 10.6 Å². The van der Waals surface area contributed by atoms with E-state index < -0.39 is 0 Å². The summed E-state index contributed by atoms with van der Waals surface area (Å²) in [5, 5.41) is 5.62. The zero-order chi connectivity index (χ0) is 8.65. The summed E-state index contributed by atoms with van der Waals surface area (Å²) >= 11 is 0. The summed E-state index contributed by atoms with van der Waals surface area (Å²) in [5.74, 6) is 0. The van der Waals surface area contributed by atoms with Gasteiger partial charge in [0.15, 0.2) is 0 Å². The van der Waals surface area contributed by atoms with Crippen LogP contribution in [0.5, 0.6) is 0 Å². The van der Waals surface area contributed by atoms with E-state index in [9.17, 15) is 4.79 Å². The van der Waals surface area contributed by atoms with Gasteiger partial charge < -0.3 is 20.1 Å². The summed E-state index contributed by atoms with van der Waals surface area (Å²) < 4.78 is 9.41. The van der Waals surface area contributed by atoms with E-state index in [1.54, 1.807) is 0 Å². The first-order chi connectivity index (χ1) is 5.89. The Morgan fingerprint density at radius 1 is 1.08 bits per heavy atom. The van der Waals surface area contributed by atoms with E-state index in [4.69, 9.17) is 4.74 Å². The molecule has 0 saturated carbocycles. The fourth-order valence-electron chi connectivity index (χ4n) is 0.864. The van der Waals surface area contributed by atoms with Crippen LogP contribution in [0.3, 0.4) is 0 Å². The minimum atomic E-state index is -0.296. The van der Waals surface area contributed by atoms with Crippen LogP contribution in [-0.4, -0.2) is 45.5 Å². The van der Waals surface area contributed by atoms with E-state index in [0.717, 1.165) is 26.3 Å². The van der Waals surface area contributed by atoms with Gasteiger partial charge in [0, 0.05) is 13.1 Å². The molecule has 70 valence electrons. The van der Waals surface area contributed by atoms with E-state index in [-0.39, 0.29) is 6.09 Å². The molecule has 0 atom stereocenters. The standard InChI is InChI=1S/C4H9NO.C3H5NO2/c1-3-6-4-2-5-1;5-3-4-1-2-6-3/h5H,1-4H2;1-2H2,(H,4,5). The highest BCUT2D eigenvalue weighted by atomic mass is 16.6. The molecule has 0 bridgehead atoms. The molecule has 2 rings (SSSR count). The highest BCUT2D eigenvalue weighted by Gasteiger charge is 2.06. The zero-order valence-corrected chi connectivity index (χ0v) is 6.97. The summed E-state index contributed by atoms with van der Waals surface area (Å²) in [6.45, 7) is 5.03. The van der Waals surface area contributed by atoms with Gasteiger partial charge in [0.1, 0.15) is 6.61 Å². The van der Waals surface area contributed by atoms with Crippen LogP contribution in [-0.2, 0) is 9.47 Å². The quantitative estimate of drug-likeness (QED) is 0.511. The third-order valence-electron chi connectivity index (χ3n) is 1.45. The minimum absolute atomic E-state index is 0.296. The topological polar surface area (TPSA) is 59.6 Å². The van der Waals surface area contributed by atoms with Crippen LogP contribution in [0.4, 0.5) is 4.79 Å². The molecule has 2 aliphatic heterocycles.